The van der Waals surface area contributed by atoms with Gasteiger partial charge in [-0.2, -0.15) is 0 Å². The number of aliphatic carboxylic acids is 2. The lowest BCUT2D eigenvalue weighted by Crippen LogP contribution is -2.36. The van der Waals surface area contributed by atoms with Crippen LogP contribution in [0.5, 0.6) is 0 Å². The Labute approximate surface area is 114 Å². The van der Waals surface area contributed by atoms with E-state index < -0.39 is 18.0 Å². The van der Waals surface area contributed by atoms with Crippen molar-refractivity contribution < 1.29 is 19.8 Å². The summed E-state index contributed by atoms with van der Waals surface area (Å²) in [5, 5.41) is 23.3. The first-order valence-corrected chi connectivity index (χ1v) is 5.47. The molecule has 0 unspecified atom stereocenters. The minimum absolute atomic E-state index is 0.227. The van der Waals surface area contributed by atoms with Gasteiger partial charge in [0, 0.05) is 19.7 Å². The van der Waals surface area contributed by atoms with Crippen LogP contribution < -0.4 is 11.5 Å². The molecular weight excluding hydrogens is 268 g/mol. The fourth-order valence-electron chi connectivity index (χ4n) is 1.00. The Morgan fingerprint density at radius 1 is 1.55 bits per heavy atom. The van der Waals surface area contributed by atoms with Gasteiger partial charge in [0.05, 0.1) is 12.0 Å². The Kier molecular flexibility index (Phi) is 7.37. The van der Waals surface area contributed by atoms with E-state index in [1.807, 2.05) is 0 Å². The van der Waals surface area contributed by atoms with Crippen LogP contribution in [0.25, 0.3) is 0 Å². The molecule has 0 amide bonds. The van der Waals surface area contributed by atoms with Crippen molar-refractivity contribution in [3.05, 3.63) is 18.2 Å². The maximum Gasteiger partial charge on any atom is 0.323 e. The Bertz CT molecular complexity index is 447. The van der Waals surface area contributed by atoms with Crippen LogP contribution >= 0.6 is 0 Å². The van der Waals surface area contributed by atoms with E-state index in [-0.39, 0.29) is 18.9 Å². The van der Waals surface area contributed by atoms with Crippen LogP contribution in [0.2, 0.25) is 0 Å². The van der Waals surface area contributed by atoms with E-state index in [1.165, 1.54) is 13.4 Å². The van der Waals surface area contributed by atoms with E-state index in [0.717, 1.165) is 4.90 Å². The molecule has 1 aromatic heterocycles. The third kappa shape index (κ3) is 7.66. The number of hydrogen-bond donors (Lipinski definition) is 6. The first-order chi connectivity index (χ1) is 9.23. The first kappa shape index (κ1) is 17.4. The molecule has 0 bridgehead atoms. The number of carboxylic acids is 2. The van der Waals surface area contributed by atoms with Gasteiger partial charge in [-0.15, -0.1) is 0 Å². The SMILES string of the molecule is CN(CC(=O)O)C(=N)N.N[C@@H](Cc1c[nH]cn1)C(=O)O. The Morgan fingerprint density at radius 3 is 2.45 bits per heavy atom. The van der Waals surface area contributed by atoms with Crippen LogP contribution in [-0.2, 0) is 16.0 Å². The number of carboxylic acid groups (broad SMARTS) is 2. The molecule has 10 heteroatoms. The number of rotatable bonds is 5. The van der Waals surface area contributed by atoms with Crippen molar-refractivity contribution in [3.8, 4) is 0 Å². The molecule has 1 atom stereocenters. The highest BCUT2D eigenvalue weighted by Crippen LogP contribution is 1.95. The Balaban J connectivity index is 0.000000370. The first-order valence-electron chi connectivity index (χ1n) is 5.47. The molecule has 0 aliphatic carbocycles. The fraction of sp³-hybridized carbons (Fsp3) is 0.400. The number of H-pyrrole nitrogens is 1. The van der Waals surface area contributed by atoms with Crippen LogP contribution in [0.15, 0.2) is 12.5 Å². The summed E-state index contributed by atoms with van der Waals surface area (Å²) in [6, 6.07) is -0.863. The van der Waals surface area contributed by atoms with Crippen LogP contribution in [-0.4, -0.2) is 62.6 Å². The van der Waals surface area contributed by atoms with Crippen LogP contribution in [0.1, 0.15) is 5.69 Å². The third-order valence-electron chi connectivity index (χ3n) is 2.08. The monoisotopic (exact) mass is 286 g/mol. The minimum Gasteiger partial charge on any atom is -0.480 e. The molecule has 1 aromatic rings. The van der Waals surface area contributed by atoms with Crippen molar-refractivity contribution in [2.75, 3.05) is 13.6 Å². The number of guanidine groups is 1. The predicted octanol–water partition coefficient (Wildman–Crippen LogP) is -1.74. The molecule has 20 heavy (non-hydrogen) atoms. The smallest absolute Gasteiger partial charge is 0.323 e. The lowest BCUT2D eigenvalue weighted by atomic mass is 10.2. The number of nitrogens with one attached hydrogen (secondary N) is 2. The third-order valence-corrected chi connectivity index (χ3v) is 2.08. The van der Waals surface area contributed by atoms with Gasteiger partial charge in [-0.3, -0.25) is 15.0 Å². The summed E-state index contributed by atoms with van der Waals surface area (Å²) in [7, 11) is 1.44. The standard InChI is InChI=1S/C6H9N3O2.C4H9N3O2/c7-5(6(10)11)1-4-2-8-3-9-4;1-7(4(5)6)2-3(8)9/h2-3,5H,1,7H2,(H,8,9)(H,10,11);2H2,1H3,(H3,5,6)(H,8,9)/t5-;/m0./s1. The number of hydrogen-bond acceptors (Lipinski definition) is 5. The zero-order valence-electron chi connectivity index (χ0n) is 10.9. The normalized spacial score (nSPS) is 10.9. The molecule has 0 aliphatic rings. The van der Waals surface area contributed by atoms with E-state index in [1.54, 1.807) is 6.20 Å². The Morgan fingerprint density at radius 2 is 2.15 bits per heavy atom. The topological polar surface area (TPSA) is 182 Å². The van der Waals surface area contributed by atoms with Crippen molar-refractivity contribution in [3.63, 3.8) is 0 Å². The summed E-state index contributed by atoms with van der Waals surface area (Å²) in [4.78, 5) is 27.9. The molecule has 0 aliphatic heterocycles. The van der Waals surface area contributed by atoms with Crippen LogP contribution in [0.4, 0.5) is 0 Å². The molecule has 112 valence electrons. The van der Waals surface area contributed by atoms with E-state index in [2.05, 4.69) is 9.97 Å². The average Bonchev–Trinajstić information content (AvgIpc) is 2.81. The molecule has 0 spiro atoms. The van der Waals surface area contributed by atoms with Crippen molar-refractivity contribution in [1.29, 1.82) is 5.41 Å². The lowest BCUT2D eigenvalue weighted by Gasteiger charge is -2.12. The zero-order chi connectivity index (χ0) is 15.7. The highest BCUT2D eigenvalue weighted by Gasteiger charge is 2.12. The molecule has 0 fully saturated rings. The zero-order valence-corrected chi connectivity index (χ0v) is 10.9. The van der Waals surface area contributed by atoms with Gasteiger partial charge in [-0.1, -0.05) is 0 Å². The van der Waals surface area contributed by atoms with E-state index in [9.17, 15) is 9.59 Å². The minimum atomic E-state index is -1.01. The van der Waals surface area contributed by atoms with Crippen LogP contribution in [0, 0.1) is 5.41 Å². The number of nitrogens with two attached hydrogens (primary N) is 2. The van der Waals surface area contributed by atoms with Crippen molar-refractivity contribution >= 4 is 17.9 Å². The van der Waals surface area contributed by atoms with Crippen molar-refractivity contribution in [2.45, 2.75) is 12.5 Å². The summed E-state index contributed by atoms with van der Waals surface area (Å²) in [6.07, 6.45) is 3.38. The molecule has 0 saturated carbocycles. The molecule has 1 heterocycles. The summed E-state index contributed by atoms with van der Waals surface area (Å²) >= 11 is 0. The van der Waals surface area contributed by atoms with Crippen molar-refractivity contribution in [1.82, 2.24) is 14.9 Å². The van der Waals surface area contributed by atoms with Gasteiger partial charge in [-0.05, 0) is 0 Å². The summed E-state index contributed by atoms with van der Waals surface area (Å²) in [5.41, 5.74) is 10.9. The number of imidazole rings is 1. The van der Waals surface area contributed by atoms with Gasteiger partial charge in [0.1, 0.15) is 12.6 Å². The van der Waals surface area contributed by atoms with Gasteiger partial charge in [0.25, 0.3) is 0 Å². The number of aromatic nitrogens is 2. The summed E-state index contributed by atoms with van der Waals surface area (Å²) in [5.74, 6) is -2.24. The second-order valence-electron chi connectivity index (χ2n) is 3.84. The summed E-state index contributed by atoms with van der Waals surface area (Å²) in [6.45, 7) is -0.227. The van der Waals surface area contributed by atoms with Gasteiger partial charge in [0.2, 0.25) is 0 Å². The number of carbonyl (C=O) groups is 2. The molecule has 1 rings (SSSR count). The van der Waals surface area contributed by atoms with Gasteiger partial charge < -0.3 is 31.6 Å². The highest BCUT2D eigenvalue weighted by molar-refractivity contribution is 5.80. The maximum atomic E-state index is 10.3. The number of nitrogens with zero attached hydrogens (tertiary/aromatic N) is 2. The second-order valence-corrected chi connectivity index (χ2v) is 3.84. The number of aromatic amines is 1. The maximum absolute atomic E-state index is 10.3. The molecule has 0 aromatic carbocycles. The molecular formula is C10H18N6O4. The fourth-order valence-corrected chi connectivity index (χ4v) is 1.00. The largest absolute Gasteiger partial charge is 0.480 e. The van der Waals surface area contributed by atoms with Gasteiger partial charge >= 0.3 is 11.9 Å². The van der Waals surface area contributed by atoms with E-state index >= 15 is 0 Å². The average molecular weight is 286 g/mol. The summed E-state index contributed by atoms with van der Waals surface area (Å²) < 4.78 is 0. The molecule has 0 radical (unpaired) electrons. The van der Waals surface area contributed by atoms with Crippen molar-refractivity contribution in [2.24, 2.45) is 11.5 Å². The van der Waals surface area contributed by atoms with Gasteiger partial charge in [-0.25, -0.2) is 4.98 Å². The molecule has 8 N–H and O–H groups in total. The highest BCUT2D eigenvalue weighted by atomic mass is 16.4. The second kappa shape index (κ2) is 8.48. The quantitative estimate of drug-likeness (QED) is 0.272. The molecule has 0 saturated heterocycles. The van der Waals surface area contributed by atoms with Crippen LogP contribution in [0.3, 0.4) is 0 Å². The molecule has 10 nitrogen and oxygen atoms in total. The lowest BCUT2D eigenvalue weighted by molar-refractivity contribution is -0.139. The predicted molar refractivity (Wildman–Crippen MR) is 70.1 cm³/mol. The van der Waals surface area contributed by atoms with Gasteiger partial charge in [0.15, 0.2) is 5.96 Å². The van der Waals surface area contributed by atoms with E-state index in [4.69, 9.17) is 27.1 Å². The Hall–Kier alpha value is -2.62. The number of likely N-dealkylation sites (N-methyl/N-ethyl adjacent to an activating group) is 1. The van der Waals surface area contributed by atoms with E-state index in [0.29, 0.717) is 5.69 Å².